The van der Waals surface area contributed by atoms with Gasteiger partial charge >= 0.3 is 6.01 Å². The number of aromatic nitrogens is 2. The van der Waals surface area contributed by atoms with Crippen molar-refractivity contribution in [3.8, 4) is 17.4 Å². The maximum Gasteiger partial charge on any atom is 0.322 e. The molecule has 0 aliphatic rings. The molecule has 0 atom stereocenters. The van der Waals surface area contributed by atoms with E-state index >= 15 is 0 Å². The Kier molecular flexibility index (Phi) is 5.23. The van der Waals surface area contributed by atoms with Gasteiger partial charge in [-0.15, -0.1) is 5.10 Å². The third-order valence-corrected chi connectivity index (χ3v) is 6.06. The van der Waals surface area contributed by atoms with Crippen LogP contribution in [0.25, 0.3) is 22.6 Å². The number of anilines is 1. The van der Waals surface area contributed by atoms with Gasteiger partial charge in [0.05, 0.1) is 17.8 Å². The fourth-order valence-corrected chi connectivity index (χ4v) is 4.01. The molecule has 0 saturated heterocycles. The summed E-state index contributed by atoms with van der Waals surface area (Å²) in [6, 6.07) is 15.0. The second kappa shape index (κ2) is 7.99. The number of hydrogen-bond acceptors (Lipinski definition) is 8. The molecular formula is C20H17N3O6S. The summed E-state index contributed by atoms with van der Waals surface area (Å²) in [6.07, 6.45) is -0.267. The van der Waals surface area contributed by atoms with Crippen LogP contribution in [0.1, 0.15) is 6.42 Å². The van der Waals surface area contributed by atoms with Gasteiger partial charge in [0.25, 0.3) is 5.89 Å². The Morgan fingerprint density at radius 1 is 1.07 bits per heavy atom. The standard InChI is InChI=1S/C20H17N3O6S/c1-27-14-6-8-15(9-7-14)30(25,26)11-10-18(24)21-20-23-22-19(29-20)17-12-13-4-2-3-5-16(13)28-17/h2-9,12H,10-11H2,1H3,(H,21,23,24). The minimum Gasteiger partial charge on any atom is -0.497 e. The van der Waals surface area contributed by atoms with E-state index in [1.165, 1.54) is 19.2 Å². The van der Waals surface area contributed by atoms with Gasteiger partial charge in [-0.05, 0) is 36.4 Å². The second-order valence-electron chi connectivity index (χ2n) is 6.35. The number of carbonyl (C=O) groups is 1. The van der Waals surface area contributed by atoms with Crippen molar-refractivity contribution in [2.45, 2.75) is 11.3 Å². The van der Waals surface area contributed by atoms with Gasteiger partial charge in [-0.25, -0.2) is 8.42 Å². The normalized spacial score (nSPS) is 11.5. The fraction of sp³-hybridized carbons (Fsp3) is 0.150. The predicted molar refractivity (Wildman–Crippen MR) is 108 cm³/mol. The molecule has 2 heterocycles. The summed E-state index contributed by atoms with van der Waals surface area (Å²) in [7, 11) is -2.13. The van der Waals surface area contributed by atoms with Crippen LogP contribution in [0.5, 0.6) is 5.75 Å². The number of rotatable bonds is 7. The van der Waals surface area contributed by atoms with Crippen LogP contribution >= 0.6 is 0 Å². The molecule has 4 aromatic rings. The molecule has 0 radical (unpaired) electrons. The van der Waals surface area contributed by atoms with E-state index in [2.05, 4.69) is 15.5 Å². The van der Waals surface area contributed by atoms with Gasteiger partial charge in [0.15, 0.2) is 15.6 Å². The zero-order valence-electron chi connectivity index (χ0n) is 15.9. The molecule has 2 aromatic heterocycles. The minimum atomic E-state index is -3.62. The van der Waals surface area contributed by atoms with Crippen LogP contribution in [0.3, 0.4) is 0 Å². The van der Waals surface area contributed by atoms with E-state index in [0.717, 1.165) is 5.39 Å². The molecule has 4 rings (SSSR count). The molecule has 0 spiro atoms. The molecule has 9 nitrogen and oxygen atoms in total. The molecule has 0 unspecified atom stereocenters. The highest BCUT2D eigenvalue weighted by atomic mass is 32.2. The number of furan rings is 1. The quantitative estimate of drug-likeness (QED) is 0.476. The Labute approximate surface area is 171 Å². The fourth-order valence-electron chi connectivity index (χ4n) is 2.77. The van der Waals surface area contributed by atoms with Gasteiger partial charge < -0.3 is 13.6 Å². The van der Waals surface area contributed by atoms with E-state index in [-0.39, 0.29) is 29.0 Å². The number of methoxy groups -OCH3 is 1. The molecule has 154 valence electrons. The highest BCUT2D eigenvalue weighted by Crippen LogP contribution is 2.27. The Hall–Kier alpha value is -3.66. The van der Waals surface area contributed by atoms with E-state index in [0.29, 0.717) is 17.1 Å². The number of sulfone groups is 1. The molecule has 1 amide bonds. The first-order valence-electron chi connectivity index (χ1n) is 8.94. The molecule has 1 N–H and O–H groups in total. The van der Waals surface area contributed by atoms with Gasteiger partial charge in [-0.1, -0.05) is 23.3 Å². The topological polar surface area (TPSA) is 125 Å². The Morgan fingerprint density at radius 3 is 2.57 bits per heavy atom. The van der Waals surface area contributed by atoms with E-state index in [1.54, 1.807) is 24.3 Å². The van der Waals surface area contributed by atoms with Gasteiger partial charge in [0, 0.05) is 11.8 Å². The molecular weight excluding hydrogens is 410 g/mol. The molecule has 0 fully saturated rings. The predicted octanol–water partition coefficient (Wildman–Crippen LogP) is 3.29. The molecule has 0 bridgehead atoms. The maximum atomic E-state index is 12.4. The zero-order valence-corrected chi connectivity index (χ0v) is 16.7. The summed E-state index contributed by atoms with van der Waals surface area (Å²) < 4.78 is 40.8. The number of fused-ring (bicyclic) bond motifs is 1. The SMILES string of the molecule is COc1ccc(S(=O)(=O)CCC(=O)Nc2nnc(-c3cc4ccccc4o3)o2)cc1. The highest BCUT2D eigenvalue weighted by molar-refractivity contribution is 7.91. The van der Waals surface area contributed by atoms with Crippen LogP contribution in [0.2, 0.25) is 0 Å². The summed E-state index contributed by atoms with van der Waals surface area (Å²) in [5, 5.41) is 10.9. The van der Waals surface area contributed by atoms with Crippen molar-refractivity contribution in [3.05, 3.63) is 54.6 Å². The summed E-state index contributed by atoms with van der Waals surface area (Å²) in [5.41, 5.74) is 0.667. The van der Waals surface area contributed by atoms with Crippen LogP contribution in [0.15, 0.2) is 68.3 Å². The lowest BCUT2D eigenvalue weighted by Gasteiger charge is -2.05. The minimum absolute atomic E-state index is 0.104. The number of benzene rings is 2. The van der Waals surface area contributed by atoms with Crippen LogP contribution in [-0.4, -0.2) is 37.4 Å². The van der Waals surface area contributed by atoms with E-state index in [9.17, 15) is 13.2 Å². The molecule has 30 heavy (non-hydrogen) atoms. The Morgan fingerprint density at radius 2 is 1.83 bits per heavy atom. The van der Waals surface area contributed by atoms with Crippen molar-refractivity contribution in [2.24, 2.45) is 0 Å². The molecule has 0 aliphatic carbocycles. The van der Waals surface area contributed by atoms with Crippen molar-refractivity contribution in [3.63, 3.8) is 0 Å². The largest absolute Gasteiger partial charge is 0.497 e. The molecule has 0 saturated carbocycles. The van der Waals surface area contributed by atoms with Crippen LogP contribution in [0, 0.1) is 0 Å². The first-order chi connectivity index (χ1) is 14.4. The summed E-state index contributed by atoms with van der Waals surface area (Å²) in [6.45, 7) is 0. The van der Waals surface area contributed by atoms with E-state index in [4.69, 9.17) is 13.6 Å². The van der Waals surface area contributed by atoms with Crippen LogP contribution in [-0.2, 0) is 14.6 Å². The number of nitrogens with zero attached hydrogens (tertiary/aromatic N) is 2. The van der Waals surface area contributed by atoms with Crippen LogP contribution in [0.4, 0.5) is 6.01 Å². The third-order valence-electron chi connectivity index (χ3n) is 4.32. The highest BCUT2D eigenvalue weighted by Gasteiger charge is 2.19. The van der Waals surface area contributed by atoms with Gasteiger partial charge in [-0.3, -0.25) is 10.1 Å². The van der Waals surface area contributed by atoms with Crippen molar-refractivity contribution >= 4 is 32.7 Å². The number of hydrogen-bond donors (Lipinski definition) is 1. The molecule has 10 heteroatoms. The maximum absolute atomic E-state index is 12.4. The lowest BCUT2D eigenvalue weighted by Crippen LogP contribution is -2.17. The second-order valence-corrected chi connectivity index (χ2v) is 8.46. The average molecular weight is 427 g/mol. The number of carbonyl (C=O) groups excluding carboxylic acids is 1. The first kappa shape index (κ1) is 19.6. The zero-order chi connectivity index (χ0) is 21.1. The number of ether oxygens (including phenoxy) is 1. The Bertz CT molecular complexity index is 1260. The summed E-state index contributed by atoms with van der Waals surface area (Å²) >= 11 is 0. The third kappa shape index (κ3) is 4.18. The smallest absolute Gasteiger partial charge is 0.322 e. The molecule has 0 aliphatic heterocycles. The monoisotopic (exact) mass is 427 g/mol. The molecule has 2 aromatic carbocycles. The van der Waals surface area contributed by atoms with Gasteiger partial charge in [0.2, 0.25) is 5.91 Å². The van der Waals surface area contributed by atoms with Gasteiger partial charge in [-0.2, -0.15) is 0 Å². The Balaban J connectivity index is 1.38. The number of para-hydroxylation sites is 1. The summed E-state index contributed by atoms with van der Waals surface area (Å²) in [5.74, 6) is 0.0873. The van der Waals surface area contributed by atoms with Crippen LogP contribution < -0.4 is 10.1 Å². The van der Waals surface area contributed by atoms with Crippen molar-refractivity contribution in [1.29, 1.82) is 0 Å². The number of amides is 1. The van der Waals surface area contributed by atoms with Crippen molar-refractivity contribution < 1.29 is 26.8 Å². The summed E-state index contributed by atoms with van der Waals surface area (Å²) in [4.78, 5) is 12.2. The lowest BCUT2D eigenvalue weighted by atomic mass is 10.2. The van der Waals surface area contributed by atoms with E-state index in [1.807, 2.05) is 18.2 Å². The lowest BCUT2D eigenvalue weighted by molar-refractivity contribution is -0.115. The van der Waals surface area contributed by atoms with Gasteiger partial charge in [0.1, 0.15) is 11.3 Å². The van der Waals surface area contributed by atoms with Crippen molar-refractivity contribution in [2.75, 3.05) is 18.2 Å². The van der Waals surface area contributed by atoms with E-state index < -0.39 is 15.7 Å². The first-order valence-corrected chi connectivity index (χ1v) is 10.6. The van der Waals surface area contributed by atoms with Crippen molar-refractivity contribution in [1.82, 2.24) is 10.2 Å². The number of nitrogens with one attached hydrogen (secondary N) is 1. The average Bonchev–Trinajstić information content (AvgIpc) is 3.39.